The molecular formula is C12H16INO2. The van der Waals surface area contributed by atoms with Gasteiger partial charge >= 0.3 is 0 Å². The summed E-state index contributed by atoms with van der Waals surface area (Å²) in [6.45, 7) is 4.64. The van der Waals surface area contributed by atoms with Crippen LogP contribution in [0.1, 0.15) is 24.2 Å². The normalized spacial score (nSPS) is 10.2. The standard InChI is InChI=1S/C12H16INO2/c1-9(2)16-11-5-3-10(4-6-11)12(15)14-8-7-13/h3-6,9H,7-8H2,1-2H3,(H,14,15). The minimum Gasteiger partial charge on any atom is -0.491 e. The molecule has 0 spiro atoms. The van der Waals surface area contributed by atoms with Crippen molar-refractivity contribution in [2.24, 2.45) is 0 Å². The van der Waals surface area contributed by atoms with Crippen LogP contribution >= 0.6 is 22.6 Å². The van der Waals surface area contributed by atoms with Crippen LogP contribution in [-0.2, 0) is 0 Å². The van der Waals surface area contributed by atoms with Gasteiger partial charge in [-0.25, -0.2) is 0 Å². The van der Waals surface area contributed by atoms with Gasteiger partial charge in [0.25, 0.3) is 5.91 Å². The van der Waals surface area contributed by atoms with Gasteiger partial charge in [-0.05, 0) is 38.1 Å². The smallest absolute Gasteiger partial charge is 0.251 e. The van der Waals surface area contributed by atoms with E-state index in [-0.39, 0.29) is 12.0 Å². The van der Waals surface area contributed by atoms with Crippen LogP contribution in [0.15, 0.2) is 24.3 Å². The number of carbonyl (C=O) groups excluding carboxylic acids is 1. The molecule has 0 saturated carbocycles. The van der Waals surface area contributed by atoms with Crippen LogP contribution in [0.4, 0.5) is 0 Å². The van der Waals surface area contributed by atoms with Gasteiger partial charge in [-0.2, -0.15) is 0 Å². The third-order valence-electron chi connectivity index (χ3n) is 1.87. The molecule has 1 aromatic carbocycles. The molecule has 1 N–H and O–H groups in total. The van der Waals surface area contributed by atoms with Gasteiger partial charge in [-0.15, -0.1) is 0 Å². The zero-order valence-corrected chi connectivity index (χ0v) is 11.7. The summed E-state index contributed by atoms with van der Waals surface area (Å²) in [5, 5.41) is 2.82. The second kappa shape index (κ2) is 6.73. The number of carbonyl (C=O) groups is 1. The lowest BCUT2D eigenvalue weighted by Gasteiger charge is -2.10. The Hall–Kier alpha value is -0.780. The quantitative estimate of drug-likeness (QED) is 0.665. The van der Waals surface area contributed by atoms with Crippen molar-refractivity contribution >= 4 is 28.5 Å². The van der Waals surface area contributed by atoms with Crippen molar-refractivity contribution in [2.75, 3.05) is 11.0 Å². The van der Waals surface area contributed by atoms with Crippen LogP contribution in [0.2, 0.25) is 0 Å². The Balaban J connectivity index is 2.60. The average molecular weight is 333 g/mol. The first kappa shape index (κ1) is 13.3. The van der Waals surface area contributed by atoms with Crippen LogP contribution in [0.5, 0.6) is 5.75 Å². The highest BCUT2D eigenvalue weighted by Crippen LogP contribution is 2.13. The van der Waals surface area contributed by atoms with Crippen molar-refractivity contribution in [1.82, 2.24) is 5.32 Å². The molecule has 0 heterocycles. The lowest BCUT2D eigenvalue weighted by molar-refractivity contribution is 0.0956. The molecular weight excluding hydrogens is 317 g/mol. The lowest BCUT2D eigenvalue weighted by atomic mass is 10.2. The molecule has 1 rings (SSSR count). The Bertz CT molecular complexity index is 335. The molecule has 4 heteroatoms. The topological polar surface area (TPSA) is 38.3 Å². The zero-order valence-electron chi connectivity index (χ0n) is 9.50. The van der Waals surface area contributed by atoms with E-state index in [1.54, 1.807) is 12.1 Å². The number of halogens is 1. The van der Waals surface area contributed by atoms with E-state index in [9.17, 15) is 4.79 Å². The number of amides is 1. The summed E-state index contributed by atoms with van der Waals surface area (Å²) in [4.78, 5) is 11.6. The number of nitrogens with one attached hydrogen (secondary N) is 1. The van der Waals surface area contributed by atoms with Crippen LogP contribution in [0, 0.1) is 0 Å². The highest BCUT2D eigenvalue weighted by molar-refractivity contribution is 14.1. The van der Waals surface area contributed by atoms with Gasteiger partial charge in [-0.1, -0.05) is 22.6 Å². The fraction of sp³-hybridized carbons (Fsp3) is 0.417. The molecule has 16 heavy (non-hydrogen) atoms. The number of ether oxygens (including phenoxy) is 1. The van der Waals surface area contributed by atoms with Crippen LogP contribution < -0.4 is 10.1 Å². The second-order valence-corrected chi connectivity index (χ2v) is 4.71. The summed E-state index contributed by atoms with van der Waals surface area (Å²) < 4.78 is 6.41. The fourth-order valence-electron chi connectivity index (χ4n) is 1.22. The maximum Gasteiger partial charge on any atom is 0.251 e. The highest BCUT2D eigenvalue weighted by atomic mass is 127. The molecule has 0 unspecified atom stereocenters. The Morgan fingerprint density at radius 1 is 1.38 bits per heavy atom. The molecule has 0 atom stereocenters. The van der Waals surface area contributed by atoms with Crippen molar-refractivity contribution in [3.63, 3.8) is 0 Å². The average Bonchev–Trinajstić information content (AvgIpc) is 2.26. The number of hydrogen-bond acceptors (Lipinski definition) is 2. The molecule has 0 aliphatic heterocycles. The minimum atomic E-state index is -0.0345. The Morgan fingerprint density at radius 3 is 2.50 bits per heavy atom. The van der Waals surface area contributed by atoms with Gasteiger partial charge in [0, 0.05) is 16.5 Å². The van der Waals surface area contributed by atoms with Crippen LogP contribution in [-0.4, -0.2) is 23.0 Å². The van der Waals surface area contributed by atoms with E-state index in [2.05, 4.69) is 27.9 Å². The summed E-state index contributed by atoms with van der Waals surface area (Å²) in [7, 11) is 0. The lowest BCUT2D eigenvalue weighted by Crippen LogP contribution is -2.25. The number of rotatable bonds is 5. The first-order valence-electron chi connectivity index (χ1n) is 5.24. The van der Waals surface area contributed by atoms with Crippen molar-refractivity contribution in [3.8, 4) is 5.75 Å². The summed E-state index contributed by atoms with van der Waals surface area (Å²) in [5.41, 5.74) is 0.668. The van der Waals surface area contributed by atoms with Gasteiger partial charge in [0.1, 0.15) is 5.75 Å². The third-order valence-corrected chi connectivity index (χ3v) is 2.41. The Kier molecular flexibility index (Phi) is 5.59. The molecule has 88 valence electrons. The van der Waals surface area contributed by atoms with E-state index in [1.165, 1.54) is 0 Å². The first-order valence-corrected chi connectivity index (χ1v) is 6.77. The fourth-order valence-corrected chi connectivity index (χ4v) is 1.49. The second-order valence-electron chi connectivity index (χ2n) is 3.64. The SMILES string of the molecule is CC(C)Oc1ccc(C(=O)NCCI)cc1. The van der Waals surface area contributed by atoms with Crippen molar-refractivity contribution in [3.05, 3.63) is 29.8 Å². The predicted molar refractivity (Wildman–Crippen MR) is 73.4 cm³/mol. The van der Waals surface area contributed by atoms with Crippen molar-refractivity contribution < 1.29 is 9.53 Å². The molecule has 0 bridgehead atoms. The van der Waals surface area contributed by atoms with Gasteiger partial charge in [0.2, 0.25) is 0 Å². The Labute approximate surface area is 110 Å². The van der Waals surface area contributed by atoms with Gasteiger partial charge < -0.3 is 10.1 Å². The van der Waals surface area contributed by atoms with Gasteiger partial charge in [-0.3, -0.25) is 4.79 Å². The van der Waals surface area contributed by atoms with E-state index in [1.807, 2.05) is 26.0 Å². The molecule has 0 radical (unpaired) electrons. The third kappa shape index (κ3) is 4.38. The highest BCUT2D eigenvalue weighted by Gasteiger charge is 2.04. The minimum absolute atomic E-state index is 0.0345. The number of benzene rings is 1. The van der Waals surface area contributed by atoms with E-state index in [4.69, 9.17) is 4.74 Å². The summed E-state index contributed by atoms with van der Waals surface area (Å²) >= 11 is 2.22. The zero-order chi connectivity index (χ0) is 12.0. The monoisotopic (exact) mass is 333 g/mol. The van der Waals surface area contributed by atoms with E-state index in [0.717, 1.165) is 10.2 Å². The maximum absolute atomic E-state index is 11.6. The van der Waals surface area contributed by atoms with Crippen LogP contribution in [0.25, 0.3) is 0 Å². The largest absolute Gasteiger partial charge is 0.491 e. The molecule has 0 aliphatic rings. The summed E-state index contributed by atoms with van der Waals surface area (Å²) in [6.07, 6.45) is 0.152. The van der Waals surface area contributed by atoms with Crippen molar-refractivity contribution in [1.29, 1.82) is 0 Å². The Morgan fingerprint density at radius 2 is 2.00 bits per heavy atom. The van der Waals surface area contributed by atoms with E-state index < -0.39 is 0 Å². The molecule has 1 aromatic rings. The molecule has 0 aromatic heterocycles. The van der Waals surface area contributed by atoms with Gasteiger partial charge in [0.15, 0.2) is 0 Å². The molecule has 0 fully saturated rings. The first-order chi connectivity index (χ1) is 7.63. The van der Waals surface area contributed by atoms with E-state index in [0.29, 0.717) is 12.1 Å². The number of hydrogen-bond donors (Lipinski definition) is 1. The maximum atomic E-state index is 11.6. The molecule has 0 aliphatic carbocycles. The summed E-state index contributed by atoms with van der Waals surface area (Å²) in [5.74, 6) is 0.758. The van der Waals surface area contributed by atoms with Crippen LogP contribution in [0.3, 0.4) is 0 Å². The molecule has 1 amide bonds. The number of alkyl halides is 1. The molecule has 0 saturated heterocycles. The van der Waals surface area contributed by atoms with E-state index >= 15 is 0 Å². The predicted octanol–water partition coefficient (Wildman–Crippen LogP) is 2.64. The van der Waals surface area contributed by atoms with Crippen molar-refractivity contribution in [2.45, 2.75) is 20.0 Å². The summed E-state index contributed by atoms with van der Waals surface area (Å²) in [6, 6.07) is 7.19. The van der Waals surface area contributed by atoms with Gasteiger partial charge in [0.05, 0.1) is 6.10 Å². The molecule has 3 nitrogen and oxygen atoms in total.